The number of benzene rings is 1. The number of amides is 3. The maximum Gasteiger partial charge on any atom is 0.327 e. The Morgan fingerprint density at radius 1 is 1.13 bits per heavy atom. The minimum Gasteiger partial charge on any atom is -0.451 e. The predicted molar refractivity (Wildman–Crippen MR) is 79.8 cm³/mol. The van der Waals surface area contributed by atoms with Crippen molar-refractivity contribution < 1.29 is 23.2 Å². The second-order valence-electron chi connectivity index (χ2n) is 5.23. The van der Waals surface area contributed by atoms with Crippen molar-refractivity contribution in [2.75, 3.05) is 0 Å². The number of aryl methyl sites for hydroxylation is 1. The summed E-state index contributed by atoms with van der Waals surface area (Å²) in [6, 6.07) is 3.66. The molecule has 3 N–H and O–H groups in total. The lowest BCUT2D eigenvalue weighted by molar-refractivity contribution is -0.139. The summed E-state index contributed by atoms with van der Waals surface area (Å²) in [7, 11) is 0. The molecule has 0 spiro atoms. The van der Waals surface area contributed by atoms with E-state index in [0.717, 1.165) is 0 Å². The third-order valence-corrected chi connectivity index (χ3v) is 3.02. The summed E-state index contributed by atoms with van der Waals surface area (Å²) in [5, 5.41) is 2.84. The molecule has 0 radical (unpaired) electrons. The summed E-state index contributed by atoms with van der Waals surface area (Å²) < 4.78 is 18.6. The van der Waals surface area contributed by atoms with Crippen LogP contribution in [0.15, 0.2) is 22.6 Å². The van der Waals surface area contributed by atoms with E-state index in [9.17, 15) is 18.8 Å². The first kappa shape index (κ1) is 16.5. The fraction of sp³-hybridized carbons (Fsp3) is 0.267. The number of carbonyl (C=O) groups is 3. The van der Waals surface area contributed by atoms with E-state index in [1.807, 2.05) is 5.43 Å². The van der Waals surface area contributed by atoms with Gasteiger partial charge in [0, 0.05) is 17.0 Å². The van der Waals surface area contributed by atoms with Crippen LogP contribution < -0.4 is 16.2 Å². The van der Waals surface area contributed by atoms with E-state index >= 15 is 0 Å². The Labute approximate surface area is 131 Å². The fourth-order valence-electron chi connectivity index (χ4n) is 1.96. The van der Waals surface area contributed by atoms with Gasteiger partial charge in [0.25, 0.3) is 0 Å². The van der Waals surface area contributed by atoms with E-state index in [1.54, 1.807) is 20.8 Å². The van der Waals surface area contributed by atoms with Crippen LogP contribution in [0, 0.1) is 12.7 Å². The molecule has 0 aliphatic heterocycles. The first-order valence-corrected chi connectivity index (χ1v) is 6.89. The van der Waals surface area contributed by atoms with E-state index in [0.29, 0.717) is 16.5 Å². The van der Waals surface area contributed by atoms with Gasteiger partial charge in [-0.25, -0.2) is 4.39 Å². The molecule has 2 aromatic rings. The van der Waals surface area contributed by atoms with Gasteiger partial charge in [0.05, 0.1) is 0 Å². The number of furan rings is 1. The van der Waals surface area contributed by atoms with Crippen molar-refractivity contribution in [3.63, 3.8) is 0 Å². The van der Waals surface area contributed by atoms with Crippen molar-refractivity contribution >= 4 is 28.7 Å². The SMILES string of the molecule is Cc1c(C(=O)NNC(=O)C(=O)NC(C)C)oc2ccc(F)cc12. The van der Waals surface area contributed by atoms with Crippen molar-refractivity contribution in [3.05, 3.63) is 35.3 Å². The second-order valence-corrected chi connectivity index (χ2v) is 5.23. The van der Waals surface area contributed by atoms with E-state index in [1.165, 1.54) is 18.2 Å². The van der Waals surface area contributed by atoms with E-state index in [2.05, 4.69) is 10.7 Å². The van der Waals surface area contributed by atoms with Crippen LogP contribution in [0.25, 0.3) is 11.0 Å². The molecule has 122 valence electrons. The van der Waals surface area contributed by atoms with Gasteiger partial charge in [0.15, 0.2) is 5.76 Å². The lowest BCUT2D eigenvalue weighted by Crippen LogP contribution is -2.49. The maximum atomic E-state index is 13.2. The predicted octanol–water partition coefficient (Wildman–Crippen LogP) is 1.17. The molecule has 1 aromatic carbocycles. The van der Waals surface area contributed by atoms with Gasteiger partial charge >= 0.3 is 17.7 Å². The normalized spacial score (nSPS) is 10.7. The Bertz CT molecular complexity index is 782. The second kappa shape index (κ2) is 6.47. The molecular weight excluding hydrogens is 305 g/mol. The van der Waals surface area contributed by atoms with Crippen LogP contribution in [-0.4, -0.2) is 23.8 Å². The zero-order valence-electron chi connectivity index (χ0n) is 12.8. The number of hydrogen-bond acceptors (Lipinski definition) is 4. The average molecular weight is 321 g/mol. The van der Waals surface area contributed by atoms with Crippen molar-refractivity contribution in [1.82, 2.24) is 16.2 Å². The van der Waals surface area contributed by atoms with Gasteiger partial charge in [-0.05, 0) is 39.0 Å². The van der Waals surface area contributed by atoms with Gasteiger partial charge in [-0.15, -0.1) is 0 Å². The van der Waals surface area contributed by atoms with Crippen molar-refractivity contribution in [3.8, 4) is 0 Å². The standard InChI is InChI=1S/C15H16FN3O4/c1-7(2)17-14(21)15(22)19-18-13(20)12-8(3)10-6-9(16)4-5-11(10)23-12/h4-7H,1-3H3,(H,17,21)(H,18,20)(H,19,22). The molecular formula is C15H16FN3O4. The van der Waals surface area contributed by atoms with Gasteiger partial charge in [0.1, 0.15) is 11.4 Å². The van der Waals surface area contributed by atoms with Crippen molar-refractivity contribution in [2.45, 2.75) is 26.8 Å². The Kier molecular flexibility index (Phi) is 4.63. The van der Waals surface area contributed by atoms with Crippen LogP contribution in [0.5, 0.6) is 0 Å². The molecule has 0 atom stereocenters. The molecule has 0 unspecified atom stereocenters. The number of fused-ring (bicyclic) bond motifs is 1. The number of nitrogens with one attached hydrogen (secondary N) is 3. The van der Waals surface area contributed by atoms with Crippen LogP contribution in [0.2, 0.25) is 0 Å². The molecule has 2 rings (SSSR count). The van der Waals surface area contributed by atoms with Gasteiger partial charge in [-0.3, -0.25) is 25.2 Å². The summed E-state index contributed by atoms with van der Waals surface area (Å²) in [6.07, 6.45) is 0. The summed E-state index contributed by atoms with van der Waals surface area (Å²) in [5.41, 5.74) is 4.84. The summed E-state index contributed by atoms with van der Waals surface area (Å²) in [5.74, 6) is -3.15. The van der Waals surface area contributed by atoms with Crippen LogP contribution >= 0.6 is 0 Å². The maximum absolute atomic E-state index is 13.2. The minimum atomic E-state index is -1.01. The molecule has 0 bridgehead atoms. The van der Waals surface area contributed by atoms with Crippen molar-refractivity contribution in [2.24, 2.45) is 0 Å². The lowest BCUT2D eigenvalue weighted by atomic mass is 10.1. The Morgan fingerprint density at radius 2 is 1.83 bits per heavy atom. The van der Waals surface area contributed by atoms with E-state index < -0.39 is 23.5 Å². The monoisotopic (exact) mass is 321 g/mol. The molecule has 0 aliphatic rings. The molecule has 1 heterocycles. The Hall–Kier alpha value is -2.90. The number of hydrazine groups is 1. The first-order valence-electron chi connectivity index (χ1n) is 6.89. The van der Waals surface area contributed by atoms with Crippen LogP contribution in [0.1, 0.15) is 30.0 Å². The van der Waals surface area contributed by atoms with Crippen LogP contribution in [-0.2, 0) is 9.59 Å². The molecule has 23 heavy (non-hydrogen) atoms. The zero-order valence-corrected chi connectivity index (χ0v) is 12.8. The minimum absolute atomic E-state index is 0.0739. The topological polar surface area (TPSA) is 100 Å². The molecule has 1 aromatic heterocycles. The van der Waals surface area contributed by atoms with Gasteiger partial charge in [0.2, 0.25) is 0 Å². The van der Waals surface area contributed by atoms with E-state index in [4.69, 9.17) is 4.42 Å². The molecule has 0 saturated heterocycles. The highest BCUT2D eigenvalue weighted by molar-refractivity contribution is 6.35. The van der Waals surface area contributed by atoms with Crippen LogP contribution in [0.3, 0.4) is 0 Å². The number of halogens is 1. The Balaban J connectivity index is 2.08. The zero-order chi connectivity index (χ0) is 17.1. The van der Waals surface area contributed by atoms with Gasteiger partial charge < -0.3 is 9.73 Å². The largest absolute Gasteiger partial charge is 0.451 e. The van der Waals surface area contributed by atoms with Gasteiger partial charge in [-0.2, -0.15) is 0 Å². The van der Waals surface area contributed by atoms with E-state index in [-0.39, 0.29) is 11.8 Å². The average Bonchev–Trinajstić information content (AvgIpc) is 2.80. The molecule has 7 nitrogen and oxygen atoms in total. The fourth-order valence-corrected chi connectivity index (χ4v) is 1.96. The highest BCUT2D eigenvalue weighted by Crippen LogP contribution is 2.25. The molecule has 0 fully saturated rings. The number of rotatable bonds is 2. The van der Waals surface area contributed by atoms with Gasteiger partial charge in [-0.1, -0.05) is 0 Å². The van der Waals surface area contributed by atoms with Crippen LogP contribution in [0.4, 0.5) is 4.39 Å². The third-order valence-electron chi connectivity index (χ3n) is 3.02. The molecule has 3 amide bonds. The quantitative estimate of drug-likeness (QED) is 0.571. The van der Waals surface area contributed by atoms with Crippen molar-refractivity contribution in [1.29, 1.82) is 0 Å². The summed E-state index contributed by atoms with van der Waals surface area (Å²) in [4.78, 5) is 34.9. The highest BCUT2D eigenvalue weighted by Gasteiger charge is 2.20. The summed E-state index contributed by atoms with van der Waals surface area (Å²) in [6.45, 7) is 4.98. The summed E-state index contributed by atoms with van der Waals surface area (Å²) >= 11 is 0. The first-order chi connectivity index (χ1) is 10.8. The third kappa shape index (κ3) is 3.65. The molecule has 8 heteroatoms. The lowest BCUT2D eigenvalue weighted by Gasteiger charge is -2.09. The molecule has 0 aliphatic carbocycles. The molecule has 0 saturated carbocycles. The highest BCUT2D eigenvalue weighted by atomic mass is 19.1. The Morgan fingerprint density at radius 3 is 2.48 bits per heavy atom. The number of hydrogen-bond donors (Lipinski definition) is 3. The smallest absolute Gasteiger partial charge is 0.327 e. The number of carbonyl (C=O) groups excluding carboxylic acids is 3.